The molecule has 1 aliphatic carbocycles. The van der Waals surface area contributed by atoms with Gasteiger partial charge in [0.2, 0.25) is 0 Å². The Morgan fingerprint density at radius 3 is 2.79 bits per heavy atom. The van der Waals surface area contributed by atoms with Gasteiger partial charge in [-0.05, 0) is 43.9 Å². The first-order valence-corrected chi connectivity index (χ1v) is 4.97. The third kappa shape index (κ3) is 3.64. The lowest BCUT2D eigenvalue weighted by atomic mass is 10.2. The van der Waals surface area contributed by atoms with E-state index >= 15 is 0 Å². The lowest BCUT2D eigenvalue weighted by Gasteiger charge is -2.03. The molecule has 0 saturated heterocycles. The molecule has 1 aromatic rings. The van der Waals surface area contributed by atoms with Gasteiger partial charge in [-0.15, -0.1) is 12.4 Å². The predicted molar refractivity (Wildman–Crippen MR) is 60.7 cm³/mol. The van der Waals surface area contributed by atoms with Crippen LogP contribution in [-0.2, 0) is 6.54 Å². The Kier molecular flexibility index (Phi) is 4.36. The standard InChI is InChI=1S/C11H16N2.ClH/c1-9-2-3-11(8-13-9)7-12-6-10-4-5-10;/h2-3,8,10,12H,4-7H2,1H3;1H. The molecule has 1 heterocycles. The highest BCUT2D eigenvalue weighted by atomic mass is 35.5. The molecule has 1 fully saturated rings. The second-order valence-electron chi connectivity index (χ2n) is 3.88. The Balaban J connectivity index is 0.000000980. The lowest BCUT2D eigenvalue weighted by Crippen LogP contribution is -2.16. The molecule has 78 valence electrons. The number of halogens is 1. The molecule has 1 aromatic heterocycles. The number of pyridine rings is 1. The number of hydrogen-bond acceptors (Lipinski definition) is 2. The molecule has 0 aromatic carbocycles. The van der Waals surface area contributed by atoms with Crippen molar-refractivity contribution in [3.8, 4) is 0 Å². The van der Waals surface area contributed by atoms with Crippen molar-refractivity contribution in [2.45, 2.75) is 26.3 Å². The van der Waals surface area contributed by atoms with Crippen LogP contribution >= 0.6 is 12.4 Å². The first-order valence-electron chi connectivity index (χ1n) is 4.97. The van der Waals surface area contributed by atoms with Gasteiger partial charge in [0.1, 0.15) is 0 Å². The number of aromatic nitrogens is 1. The summed E-state index contributed by atoms with van der Waals surface area (Å²) in [7, 11) is 0. The molecule has 2 nitrogen and oxygen atoms in total. The van der Waals surface area contributed by atoms with Crippen LogP contribution in [0.25, 0.3) is 0 Å². The lowest BCUT2D eigenvalue weighted by molar-refractivity contribution is 0.637. The van der Waals surface area contributed by atoms with E-state index in [1.165, 1.54) is 24.9 Å². The zero-order valence-electron chi connectivity index (χ0n) is 8.49. The molecule has 1 aliphatic rings. The second-order valence-corrected chi connectivity index (χ2v) is 3.88. The summed E-state index contributed by atoms with van der Waals surface area (Å²) < 4.78 is 0. The summed E-state index contributed by atoms with van der Waals surface area (Å²) in [6.45, 7) is 4.15. The van der Waals surface area contributed by atoms with Crippen molar-refractivity contribution < 1.29 is 0 Å². The van der Waals surface area contributed by atoms with Crippen molar-refractivity contribution >= 4 is 12.4 Å². The van der Waals surface area contributed by atoms with Gasteiger partial charge >= 0.3 is 0 Å². The monoisotopic (exact) mass is 212 g/mol. The zero-order valence-corrected chi connectivity index (χ0v) is 9.31. The minimum Gasteiger partial charge on any atom is -0.312 e. The molecule has 0 spiro atoms. The third-order valence-electron chi connectivity index (χ3n) is 2.43. The normalized spacial score (nSPS) is 14.9. The minimum absolute atomic E-state index is 0. The van der Waals surface area contributed by atoms with E-state index in [2.05, 4.69) is 22.4 Å². The van der Waals surface area contributed by atoms with Crippen LogP contribution in [-0.4, -0.2) is 11.5 Å². The second kappa shape index (κ2) is 5.32. The summed E-state index contributed by atoms with van der Waals surface area (Å²) in [6.07, 6.45) is 4.79. The summed E-state index contributed by atoms with van der Waals surface area (Å²) in [6, 6.07) is 4.20. The van der Waals surface area contributed by atoms with Crippen LogP contribution in [0, 0.1) is 12.8 Å². The van der Waals surface area contributed by atoms with Gasteiger partial charge in [0.25, 0.3) is 0 Å². The van der Waals surface area contributed by atoms with Gasteiger partial charge in [-0.25, -0.2) is 0 Å². The van der Waals surface area contributed by atoms with E-state index < -0.39 is 0 Å². The minimum atomic E-state index is 0. The third-order valence-corrected chi connectivity index (χ3v) is 2.43. The predicted octanol–water partition coefficient (Wildman–Crippen LogP) is 2.31. The molecule has 3 heteroatoms. The largest absolute Gasteiger partial charge is 0.312 e. The summed E-state index contributed by atoms with van der Waals surface area (Å²) in [5.41, 5.74) is 2.37. The summed E-state index contributed by atoms with van der Waals surface area (Å²) in [5.74, 6) is 0.957. The van der Waals surface area contributed by atoms with E-state index in [1.807, 2.05) is 13.1 Å². The van der Waals surface area contributed by atoms with Gasteiger partial charge in [0, 0.05) is 18.4 Å². The number of aryl methyl sites for hydroxylation is 1. The fourth-order valence-electron chi connectivity index (χ4n) is 1.35. The maximum atomic E-state index is 4.25. The van der Waals surface area contributed by atoms with Crippen molar-refractivity contribution in [3.05, 3.63) is 29.6 Å². The SMILES string of the molecule is Cc1ccc(CNCC2CC2)cn1.Cl. The highest BCUT2D eigenvalue weighted by molar-refractivity contribution is 5.85. The molecule has 2 rings (SSSR count). The molecule has 0 atom stereocenters. The highest BCUT2D eigenvalue weighted by Crippen LogP contribution is 2.27. The van der Waals surface area contributed by atoms with Crippen LogP contribution in [0.15, 0.2) is 18.3 Å². The molecule has 1 N–H and O–H groups in total. The number of rotatable bonds is 4. The van der Waals surface area contributed by atoms with Crippen LogP contribution in [0.2, 0.25) is 0 Å². The van der Waals surface area contributed by atoms with Crippen molar-refractivity contribution in [1.29, 1.82) is 0 Å². The van der Waals surface area contributed by atoms with Gasteiger partial charge in [-0.2, -0.15) is 0 Å². The number of nitrogens with zero attached hydrogens (tertiary/aromatic N) is 1. The topological polar surface area (TPSA) is 24.9 Å². The summed E-state index contributed by atoms with van der Waals surface area (Å²) in [4.78, 5) is 4.25. The van der Waals surface area contributed by atoms with E-state index in [-0.39, 0.29) is 12.4 Å². The Morgan fingerprint density at radius 2 is 2.21 bits per heavy atom. The van der Waals surface area contributed by atoms with Crippen molar-refractivity contribution in [3.63, 3.8) is 0 Å². The van der Waals surface area contributed by atoms with Gasteiger partial charge in [0.05, 0.1) is 0 Å². The Labute approximate surface area is 91.5 Å². The van der Waals surface area contributed by atoms with Crippen LogP contribution in [0.1, 0.15) is 24.1 Å². The molecule has 0 radical (unpaired) electrons. The highest BCUT2D eigenvalue weighted by Gasteiger charge is 2.19. The van der Waals surface area contributed by atoms with Crippen molar-refractivity contribution in [2.75, 3.05) is 6.54 Å². The molecule has 1 saturated carbocycles. The Morgan fingerprint density at radius 1 is 1.43 bits per heavy atom. The number of nitrogens with one attached hydrogen (secondary N) is 1. The van der Waals surface area contributed by atoms with Crippen LogP contribution in [0.3, 0.4) is 0 Å². The van der Waals surface area contributed by atoms with Gasteiger partial charge in [0.15, 0.2) is 0 Å². The summed E-state index contributed by atoms with van der Waals surface area (Å²) in [5, 5.41) is 3.44. The van der Waals surface area contributed by atoms with Gasteiger partial charge < -0.3 is 5.32 Å². The fourth-order valence-corrected chi connectivity index (χ4v) is 1.35. The molecular formula is C11H17ClN2. The quantitative estimate of drug-likeness (QED) is 0.829. The molecule has 0 amide bonds. The molecule has 0 aliphatic heterocycles. The van der Waals surface area contributed by atoms with E-state index in [9.17, 15) is 0 Å². The summed E-state index contributed by atoms with van der Waals surface area (Å²) >= 11 is 0. The van der Waals surface area contributed by atoms with Gasteiger partial charge in [-0.3, -0.25) is 4.98 Å². The fraction of sp³-hybridized carbons (Fsp3) is 0.545. The van der Waals surface area contributed by atoms with E-state index in [0.717, 1.165) is 18.2 Å². The molecule has 0 bridgehead atoms. The van der Waals surface area contributed by atoms with Gasteiger partial charge in [-0.1, -0.05) is 6.07 Å². The first kappa shape index (κ1) is 11.5. The maximum absolute atomic E-state index is 4.25. The molecule has 14 heavy (non-hydrogen) atoms. The van der Waals surface area contributed by atoms with E-state index in [1.54, 1.807) is 0 Å². The Hall–Kier alpha value is -0.600. The Bertz CT molecular complexity index is 267. The van der Waals surface area contributed by atoms with E-state index in [4.69, 9.17) is 0 Å². The molecular weight excluding hydrogens is 196 g/mol. The van der Waals surface area contributed by atoms with Crippen molar-refractivity contribution in [1.82, 2.24) is 10.3 Å². The van der Waals surface area contributed by atoms with Crippen LogP contribution in [0.4, 0.5) is 0 Å². The first-order chi connectivity index (χ1) is 6.34. The number of hydrogen-bond donors (Lipinski definition) is 1. The average molecular weight is 213 g/mol. The molecule has 0 unspecified atom stereocenters. The zero-order chi connectivity index (χ0) is 9.10. The van der Waals surface area contributed by atoms with Crippen LogP contribution in [0.5, 0.6) is 0 Å². The van der Waals surface area contributed by atoms with Crippen LogP contribution < -0.4 is 5.32 Å². The smallest absolute Gasteiger partial charge is 0.0372 e. The van der Waals surface area contributed by atoms with E-state index in [0.29, 0.717) is 0 Å². The van der Waals surface area contributed by atoms with Crippen molar-refractivity contribution in [2.24, 2.45) is 5.92 Å². The average Bonchev–Trinajstić information content (AvgIpc) is 2.92. The maximum Gasteiger partial charge on any atom is 0.0372 e.